The van der Waals surface area contributed by atoms with E-state index in [4.69, 9.17) is 0 Å². The van der Waals surface area contributed by atoms with Gasteiger partial charge in [0, 0.05) is 5.92 Å². The van der Waals surface area contributed by atoms with Crippen LogP contribution in [-0.2, 0) is 17.6 Å². The van der Waals surface area contributed by atoms with Crippen molar-refractivity contribution in [1.82, 2.24) is 5.32 Å². The van der Waals surface area contributed by atoms with Gasteiger partial charge in [0.05, 0.1) is 12.6 Å². The highest BCUT2D eigenvalue weighted by Crippen LogP contribution is 2.13. The smallest absolute Gasteiger partial charge is 0.223 e. The van der Waals surface area contributed by atoms with E-state index in [1.807, 2.05) is 38.1 Å². The Balaban J connectivity index is 1.90. The third-order valence-electron chi connectivity index (χ3n) is 4.10. The van der Waals surface area contributed by atoms with E-state index in [0.717, 1.165) is 11.1 Å². The van der Waals surface area contributed by atoms with E-state index in [1.165, 1.54) is 5.56 Å². The largest absolute Gasteiger partial charge is 0.508 e. The molecule has 0 aliphatic rings. The third kappa shape index (κ3) is 5.39. The van der Waals surface area contributed by atoms with Crippen molar-refractivity contribution in [2.24, 2.45) is 5.92 Å². The van der Waals surface area contributed by atoms with E-state index in [9.17, 15) is 15.0 Å². The SMILES string of the molecule is Cc1ccc(CC(C)C(=O)N[C@H](CO)Cc2ccc(O)cc2)cc1. The van der Waals surface area contributed by atoms with Crippen molar-refractivity contribution in [2.75, 3.05) is 6.61 Å². The third-order valence-corrected chi connectivity index (χ3v) is 4.10. The van der Waals surface area contributed by atoms with Crippen molar-refractivity contribution in [2.45, 2.75) is 32.7 Å². The van der Waals surface area contributed by atoms with Gasteiger partial charge in [0.1, 0.15) is 5.75 Å². The summed E-state index contributed by atoms with van der Waals surface area (Å²) >= 11 is 0. The van der Waals surface area contributed by atoms with Gasteiger partial charge in [-0.2, -0.15) is 0 Å². The molecule has 24 heavy (non-hydrogen) atoms. The molecule has 2 atom stereocenters. The fourth-order valence-corrected chi connectivity index (χ4v) is 2.59. The number of aliphatic hydroxyl groups is 1. The Kier molecular flexibility index (Phi) is 6.38. The maximum Gasteiger partial charge on any atom is 0.223 e. The Labute approximate surface area is 143 Å². The number of phenolic OH excluding ortho intramolecular Hbond substituents is 1. The molecular formula is C20H25NO3. The molecule has 0 fully saturated rings. The molecule has 1 amide bonds. The monoisotopic (exact) mass is 327 g/mol. The fourth-order valence-electron chi connectivity index (χ4n) is 2.59. The van der Waals surface area contributed by atoms with Crippen LogP contribution in [0.15, 0.2) is 48.5 Å². The standard InChI is InChI=1S/C20H25NO3/c1-14-3-5-16(6-4-14)11-15(2)20(24)21-18(13-22)12-17-7-9-19(23)10-8-17/h3-10,15,18,22-23H,11-13H2,1-2H3,(H,21,24)/t15?,18-/m0/s1. The number of benzene rings is 2. The highest BCUT2D eigenvalue weighted by atomic mass is 16.3. The van der Waals surface area contributed by atoms with Crippen LogP contribution >= 0.6 is 0 Å². The van der Waals surface area contributed by atoms with Gasteiger partial charge >= 0.3 is 0 Å². The van der Waals surface area contributed by atoms with Gasteiger partial charge in [-0.15, -0.1) is 0 Å². The molecule has 2 aromatic rings. The quantitative estimate of drug-likeness (QED) is 0.732. The lowest BCUT2D eigenvalue weighted by Gasteiger charge is -2.19. The van der Waals surface area contributed by atoms with Gasteiger partial charge in [-0.25, -0.2) is 0 Å². The number of carbonyl (C=O) groups is 1. The topological polar surface area (TPSA) is 69.6 Å². The number of phenols is 1. The van der Waals surface area contributed by atoms with E-state index in [0.29, 0.717) is 12.8 Å². The minimum absolute atomic E-state index is 0.0617. The predicted molar refractivity (Wildman–Crippen MR) is 94.9 cm³/mol. The van der Waals surface area contributed by atoms with E-state index >= 15 is 0 Å². The van der Waals surface area contributed by atoms with Crippen LogP contribution in [0.5, 0.6) is 5.75 Å². The van der Waals surface area contributed by atoms with Gasteiger partial charge in [0.15, 0.2) is 0 Å². The van der Waals surface area contributed by atoms with Crippen LogP contribution in [-0.4, -0.2) is 28.8 Å². The molecular weight excluding hydrogens is 302 g/mol. The molecule has 3 N–H and O–H groups in total. The second-order valence-corrected chi connectivity index (χ2v) is 6.35. The summed E-state index contributed by atoms with van der Waals surface area (Å²) < 4.78 is 0. The summed E-state index contributed by atoms with van der Waals surface area (Å²) in [7, 11) is 0. The number of aliphatic hydroxyl groups excluding tert-OH is 1. The van der Waals surface area contributed by atoms with Crippen LogP contribution in [0.4, 0.5) is 0 Å². The first-order valence-corrected chi connectivity index (χ1v) is 8.22. The van der Waals surface area contributed by atoms with E-state index in [-0.39, 0.29) is 30.2 Å². The lowest BCUT2D eigenvalue weighted by atomic mass is 9.98. The highest BCUT2D eigenvalue weighted by molar-refractivity contribution is 5.79. The van der Waals surface area contributed by atoms with Crippen LogP contribution in [0.25, 0.3) is 0 Å². The maximum atomic E-state index is 12.4. The zero-order valence-electron chi connectivity index (χ0n) is 14.2. The van der Waals surface area contributed by atoms with E-state index < -0.39 is 0 Å². The Bertz CT molecular complexity index is 650. The number of hydrogen-bond donors (Lipinski definition) is 3. The normalized spacial score (nSPS) is 13.3. The van der Waals surface area contributed by atoms with Crippen molar-refractivity contribution in [1.29, 1.82) is 0 Å². The van der Waals surface area contributed by atoms with Gasteiger partial charge < -0.3 is 15.5 Å². The molecule has 4 heteroatoms. The number of carbonyl (C=O) groups excluding carboxylic acids is 1. The zero-order chi connectivity index (χ0) is 17.5. The molecule has 0 spiro atoms. The van der Waals surface area contributed by atoms with Crippen molar-refractivity contribution < 1.29 is 15.0 Å². The molecule has 0 aliphatic carbocycles. The summed E-state index contributed by atoms with van der Waals surface area (Å²) in [6.45, 7) is 3.81. The van der Waals surface area contributed by atoms with Crippen LogP contribution in [0, 0.1) is 12.8 Å². The first-order chi connectivity index (χ1) is 11.5. The average molecular weight is 327 g/mol. The molecule has 0 aromatic heterocycles. The molecule has 0 heterocycles. The van der Waals surface area contributed by atoms with E-state index in [2.05, 4.69) is 5.32 Å². The van der Waals surface area contributed by atoms with Crippen molar-refractivity contribution >= 4 is 5.91 Å². The van der Waals surface area contributed by atoms with Crippen LogP contribution in [0.1, 0.15) is 23.6 Å². The molecule has 2 aromatic carbocycles. The van der Waals surface area contributed by atoms with Gasteiger partial charge in [0.2, 0.25) is 5.91 Å². The first kappa shape index (κ1) is 18.0. The van der Waals surface area contributed by atoms with Gasteiger partial charge in [0.25, 0.3) is 0 Å². The Morgan fingerprint density at radius 2 is 1.54 bits per heavy atom. The van der Waals surface area contributed by atoms with Crippen molar-refractivity contribution in [3.8, 4) is 5.75 Å². The summed E-state index contributed by atoms with van der Waals surface area (Å²) in [6.07, 6.45) is 1.20. The second kappa shape index (κ2) is 8.50. The minimum atomic E-state index is -0.331. The number of amides is 1. The second-order valence-electron chi connectivity index (χ2n) is 6.35. The van der Waals surface area contributed by atoms with Crippen molar-refractivity contribution in [3.63, 3.8) is 0 Å². The van der Waals surface area contributed by atoms with Gasteiger partial charge in [-0.1, -0.05) is 48.9 Å². The summed E-state index contributed by atoms with van der Waals surface area (Å²) in [5.74, 6) is -0.0231. The zero-order valence-corrected chi connectivity index (χ0v) is 14.2. The van der Waals surface area contributed by atoms with Crippen LogP contribution < -0.4 is 5.32 Å². The fraction of sp³-hybridized carbons (Fsp3) is 0.350. The maximum absolute atomic E-state index is 12.4. The number of aryl methyl sites for hydroxylation is 1. The Hall–Kier alpha value is -2.33. The first-order valence-electron chi connectivity index (χ1n) is 8.22. The molecule has 0 radical (unpaired) electrons. The molecule has 2 rings (SSSR count). The Morgan fingerprint density at radius 1 is 1.00 bits per heavy atom. The molecule has 0 saturated carbocycles. The number of hydrogen-bond acceptors (Lipinski definition) is 3. The van der Waals surface area contributed by atoms with E-state index in [1.54, 1.807) is 24.3 Å². The van der Waals surface area contributed by atoms with Gasteiger partial charge in [-0.3, -0.25) is 4.79 Å². The van der Waals surface area contributed by atoms with Crippen molar-refractivity contribution in [3.05, 3.63) is 65.2 Å². The average Bonchev–Trinajstić information content (AvgIpc) is 2.58. The summed E-state index contributed by atoms with van der Waals surface area (Å²) in [4.78, 5) is 12.4. The number of nitrogens with one attached hydrogen (secondary N) is 1. The summed E-state index contributed by atoms with van der Waals surface area (Å²) in [5.41, 5.74) is 3.28. The molecule has 1 unspecified atom stereocenters. The molecule has 0 bridgehead atoms. The lowest BCUT2D eigenvalue weighted by molar-refractivity contribution is -0.125. The molecule has 128 valence electrons. The van der Waals surface area contributed by atoms with Gasteiger partial charge in [-0.05, 0) is 43.0 Å². The molecule has 0 saturated heterocycles. The highest BCUT2D eigenvalue weighted by Gasteiger charge is 2.18. The lowest BCUT2D eigenvalue weighted by Crippen LogP contribution is -2.42. The predicted octanol–water partition coefficient (Wildman–Crippen LogP) is 2.60. The number of aromatic hydroxyl groups is 1. The summed E-state index contributed by atoms with van der Waals surface area (Å²) in [6, 6.07) is 14.6. The number of rotatable bonds is 7. The Morgan fingerprint density at radius 3 is 2.12 bits per heavy atom. The van der Waals surface area contributed by atoms with Crippen LogP contribution in [0.2, 0.25) is 0 Å². The summed E-state index contributed by atoms with van der Waals surface area (Å²) in [5, 5.41) is 21.7. The minimum Gasteiger partial charge on any atom is -0.508 e. The van der Waals surface area contributed by atoms with Crippen LogP contribution in [0.3, 0.4) is 0 Å². The molecule has 4 nitrogen and oxygen atoms in total. The molecule has 0 aliphatic heterocycles.